The molecule has 1 aromatic rings. The van der Waals surface area contributed by atoms with Crippen LogP contribution in [0, 0.1) is 0 Å². The lowest BCUT2D eigenvalue weighted by Gasteiger charge is -2.18. The van der Waals surface area contributed by atoms with Crippen LogP contribution in [0.5, 0.6) is 5.75 Å². The van der Waals surface area contributed by atoms with Crippen LogP contribution in [0.15, 0.2) is 24.3 Å². The number of aliphatic hydroxyl groups is 1. The number of aliphatic hydroxyl groups excluding tert-OH is 1. The predicted molar refractivity (Wildman–Crippen MR) is 54.7 cm³/mol. The molecular weight excluding hydrogens is 180 g/mol. The van der Waals surface area contributed by atoms with Crippen molar-refractivity contribution < 1.29 is 10.2 Å². The van der Waals surface area contributed by atoms with Gasteiger partial charge in [0.1, 0.15) is 5.75 Å². The Kier molecular flexibility index (Phi) is 3.88. The zero-order valence-electron chi connectivity index (χ0n) is 7.93. The van der Waals surface area contributed by atoms with Crippen LogP contribution in [0.25, 0.3) is 0 Å². The van der Waals surface area contributed by atoms with E-state index in [1.54, 1.807) is 18.2 Å². The molecule has 0 saturated heterocycles. The molecule has 0 saturated carbocycles. The normalized spacial score (nSPS) is 15.1. The van der Waals surface area contributed by atoms with Crippen molar-refractivity contribution in [2.45, 2.75) is 18.6 Å². The first-order valence-electron chi connectivity index (χ1n) is 4.58. The minimum absolute atomic E-state index is 0.126. The largest absolute Gasteiger partial charge is 0.508 e. The molecule has 4 heteroatoms. The second kappa shape index (κ2) is 4.95. The van der Waals surface area contributed by atoms with Crippen molar-refractivity contribution in [1.29, 1.82) is 0 Å². The van der Waals surface area contributed by atoms with Gasteiger partial charge < -0.3 is 21.7 Å². The molecule has 0 heterocycles. The molecule has 2 unspecified atom stereocenters. The third kappa shape index (κ3) is 2.70. The first-order valence-corrected chi connectivity index (χ1v) is 4.58. The van der Waals surface area contributed by atoms with Gasteiger partial charge in [-0.15, -0.1) is 0 Å². The van der Waals surface area contributed by atoms with E-state index in [4.69, 9.17) is 11.5 Å². The molecule has 0 aliphatic heterocycles. The van der Waals surface area contributed by atoms with E-state index >= 15 is 0 Å². The summed E-state index contributed by atoms with van der Waals surface area (Å²) < 4.78 is 0. The molecule has 0 radical (unpaired) electrons. The Bertz CT molecular complexity index is 291. The standard InChI is InChI=1S/C10H16N2O2/c11-5-4-9(12)10(14)7-2-1-3-8(13)6-7/h1-3,6,9-10,13-14H,4-5,11-12H2. The van der Waals surface area contributed by atoms with Crippen LogP contribution in [0.4, 0.5) is 0 Å². The van der Waals surface area contributed by atoms with Crippen molar-refractivity contribution in [3.05, 3.63) is 29.8 Å². The average Bonchev–Trinajstić information content (AvgIpc) is 2.17. The van der Waals surface area contributed by atoms with Crippen LogP contribution < -0.4 is 11.5 Å². The molecule has 0 spiro atoms. The van der Waals surface area contributed by atoms with Gasteiger partial charge in [-0.05, 0) is 30.7 Å². The van der Waals surface area contributed by atoms with Gasteiger partial charge in [0, 0.05) is 6.04 Å². The maximum absolute atomic E-state index is 9.75. The highest BCUT2D eigenvalue weighted by atomic mass is 16.3. The van der Waals surface area contributed by atoms with Crippen LogP contribution in [0.2, 0.25) is 0 Å². The Morgan fingerprint density at radius 3 is 2.64 bits per heavy atom. The number of hydrogen-bond donors (Lipinski definition) is 4. The van der Waals surface area contributed by atoms with Gasteiger partial charge in [-0.1, -0.05) is 12.1 Å². The fraction of sp³-hybridized carbons (Fsp3) is 0.400. The van der Waals surface area contributed by atoms with Gasteiger partial charge in [0.2, 0.25) is 0 Å². The third-order valence-electron chi connectivity index (χ3n) is 2.12. The van der Waals surface area contributed by atoms with E-state index in [-0.39, 0.29) is 11.8 Å². The van der Waals surface area contributed by atoms with Gasteiger partial charge >= 0.3 is 0 Å². The molecule has 0 bridgehead atoms. The lowest BCUT2D eigenvalue weighted by atomic mass is 10.0. The van der Waals surface area contributed by atoms with Crippen molar-refractivity contribution in [3.63, 3.8) is 0 Å². The lowest BCUT2D eigenvalue weighted by Crippen LogP contribution is -2.30. The Morgan fingerprint density at radius 1 is 1.36 bits per heavy atom. The quantitative estimate of drug-likeness (QED) is 0.549. The van der Waals surface area contributed by atoms with Crippen LogP contribution in [0.1, 0.15) is 18.1 Å². The SMILES string of the molecule is NCCC(N)C(O)c1cccc(O)c1. The number of benzene rings is 1. The Morgan fingerprint density at radius 2 is 2.07 bits per heavy atom. The number of phenolic OH excluding ortho intramolecular Hbond substituents is 1. The number of aromatic hydroxyl groups is 1. The molecule has 0 amide bonds. The molecule has 0 aliphatic rings. The van der Waals surface area contributed by atoms with E-state index in [0.717, 1.165) is 0 Å². The fourth-order valence-electron chi connectivity index (χ4n) is 1.31. The zero-order chi connectivity index (χ0) is 10.6. The minimum atomic E-state index is -0.773. The number of rotatable bonds is 4. The maximum atomic E-state index is 9.75. The van der Waals surface area contributed by atoms with Crippen LogP contribution in [-0.2, 0) is 0 Å². The van der Waals surface area contributed by atoms with Crippen molar-refractivity contribution in [2.75, 3.05) is 6.54 Å². The van der Waals surface area contributed by atoms with E-state index in [2.05, 4.69) is 0 Å². The van der Waals surface area contributed by atoms with Gasteiger partial charge in [0.05, 0.1) is 6.10 Å². The highest BCUT2D eigenvalue weighted by Gasteiger charge is 2.15. The summed E-state index contributed by atoms with van der Waals surface area (Å²) in [4.78, 5) is 0. The lowest BCUT2D eigenvalue weighted by molar-refractivity contribution is 0.143. The minimum Gasteiger partial charge on any atom is -0.508 e. The molecule has 6 N–H and O–H groups in total. The van der Waals surface area contributed by atoms with Crippen molar-refractivity contribution in [2.24, 2.45) is 11.5 Å². The van der Waals surface area contributed by atoms with Crippen LogP contribution in [-0.4, -0.2) is 22.8 Å². The Balaban J connectivity index is 2.73. The predicted octanol–water partition coefficient (Wildman–Crippen LogP) is 0.102. The maximum Gasteiger partial charge on any atom is 0.115 e. The van der Waals surface area contributed by atoms with Gasteiger partial charge in [-0.3, -0.25) is 0 Å². The molecule has 14 heavy (non-hydrogen) atoms. The third-order valence-corrected chi connectivity index (χ3v) is 2.12. The topological polar surface area (TPSA) is 92.5 Å². The second-order valence-corrected chi connectivity index (χ2v) is 3.28. The summed E-state index contributed by atoms with van der Waals surface area (Å²) in [6.45, 7) is 0.442. The van der Waals surface area contributed by atoms with Gasteiger partial charge in [0.15, 0.2) is 0 Å². The molecule has 2 atom stereocenters. The highest BCUT2D eigenvalue weighted by molar-refractivity contribution is 5.29. The van der Waals surface area contributed by atoms with Crippen LogP contribution >= 0.6 is 0 Å². The summed E-state index contributed by atoms with van der Waals surface area (Å²) in [5, 5.41) is 18.9. The summed E-state index contributed by atoms with van der Waals surface area (Å²) in [5.74, 6) is 0.126. The van der Waals surface area contributed by atoms with E-state index < -0.39 is 6.10 Å². The fourth-order valence-corrected chi connectivity index (χ4v) is 1.31. The number of hydrogen-bond acceptors (Lipinski definition) is 4. The highest BCUT2D eigenvalue weighted by Crippen LogP contribution is 2.20. The first-order chi connectivity index (χ1) is 6.65. The summed E-state index contributed by atoms with van der Waals surface area (Å²) in [6.07, 6.45) is -0.220. The molecule has 4 nitrogen and oxygen atoms in total. The van der Waals surface area contributed by atoms with Gasteiger partial charge in [-0.2, -0.15) is 0 Å². The molecule has 78 valence electrons. The summed E-state index contributed by atoms with van der Waals surface area (Å²) in [5.41, 5.74) is 11.6. The molecule has 0 aromatic heterocycles. The first kappa shape index (κ1) is 11.0. The summed E-state index contributed by atoms with van der Waals surface area (Å²) in [7, 11) is 0. The van der Waals surface area contributed by atoms with E-state index in [1.807, 2.05) is 0 Å². The van der Waals surface area contributed by atoms with Crippen molar-refractivity contribution >= 4 is 0 Å². The second-order valence-electron chi connectivity index (χ2n) is 3.28. The molecular formula is C10H16N2O2. The molecule has 0 fully saturated rings. The smallest absolute Gasteiger partial charge is 0.115 e. The Hall–Kier alpha value is -1.10. The monoisotopic (exact) mass is 196 g/mol. The molecule has 1 aromatic carbocycles. The van der Waals surface area contributed by atoms with E-state index in [9.17, 15) is 10.2 Å². The number of phenols is 1. The zero-order valence-corrected chi connectivity index (χ0v) is 7.93. The van der Waals surface area contributed by atoms with Crippen molar-refractivity contribution in [3.8, 4) is 5.75 Å². The molecule has 1 rings (SSSR count). The summed E-state index contributed by atoms with van der Waals surface area (Å²) in [6, 6.07) is 6.05. The number of nitrogens with two attached hydrogens (primary N) is 2. The van der Waals surface area contributed by atoms with Crippen LogP contribution in [0.3, 0.4) is 0 Å². The Labute approximate surface area is 83.2 Å². The van der Waals surface area contributed by atoms with Crippen molar-refractivity contribution in [1.82, 2.24) is 0 Å². The van der Waals surface area contributed by atoms with Gasteiger partial charge in [-0.25, -0.2) is 0 Å². The van der Waals surface area contributed by atoms with E-state index in [1.165, 1.54) is 6.07 Å². The average molecular weight is 196 g/mol. The van der Waals surface area contributed by atoms with Gasteiger partial charge in [0.25, 0.3) is 0 Å². The van der Waals surface area contributed by atoms with E-state index in [0.29, 0.717) is 18.5 Å². The molecule has 0 aliphatic carbocycles. The summed E-state index contributed by atoms with van der Waals surface area (Å²) >= 11 is 0.